The standard InChI is InChI=1S/C23H32N2O3S.C2HF3O2/c1-4-6-12-23(5-2)16-29(26,27)21-13-18(15-24)20(28-3)14-19(21)22(25-23)17-10-8-7-9-11-17;3-2(4,5)1(6)7/h7-11,13-14,22,25H,4-6,12,15-16,24H2,1-3H3;(H,6,7)/t22-,23-;/m1./s1. The molecule has 4 N–H and O–H groups in total. The molecule has 2 aromatic rings. The number of hydrogen-bond acceptors (Lipinski definition) is 6. The summed E-state index contributed by atoms with van der Waals surface area (Å²) in [5.41, 5.74) is 7.89. The minimum Gasteiger partial charge on any atom is -0.496 e. The minimum absolute atomic E-state index is 0.0865. The molecule has 0 aromatic heterocycles. The van der Waals surface area contributed by atoms with Crippen LogP contribution in [0.5, 0.6) is 5.75 Å². The summed E-state index contributed by atoms with van der Waals surface area (Å²) in [6.07, 6.45) is -1.52. The monoisotopic (exact) mass is 530 g/mol. The van der Waals surface area contributed by atoms with Gasteiger partial charge in [0.2, 0.25) is 0 Å². The van der Waals surface area contributed by atoms with Gasteiger partial charge in [0.05, 0.1) is 23.8 Å². The number of fused-ring (bicyclic) bond motifs is 1. The fourth-order valence-electron chi connectivity index (χ4n) is 4.28. The van der Waals surface area contributed by atoms with Gasteiger partial charge in [0.25, 0.3) is 0 Å². The number of sulfone groups is 1. The first-order valence-electron chi connectivity index (χ1n) is 11.6. The van der Waals surface area contributed by atoms with E-state index in [1.54, 1.807) is 13.2 Å². The fraction of sp³-hybridized carbons (Fsp3) is 0.480. The number of aliphatic carboxylic acids is 1. The van der Waals surface area contributed by atoms with Gasteiger partial charge in [-0.2, -0.15) is 13.2 Å². The molecule has 0 radical (unpaired) electrons. The van der Waals surface area contributed by atoms with Crippen LogP contribution in [0.3, 0.4) is 0 Å². The van der Waals surface area contributed by atoms with Gasteiger partial charge in [0, 0.05) is 17.6 Å². The minimum atomic E-state index is -5.08. The van der Waals surface area contributed by atoms with E-state index in [1.165, 1.54) is 0 Å². The largest absolute Gasteiger partial charge is 0.496 e. The number of benzene rings is 2. The second-order valence-corrected chi connectivity index (χ2v) is 10.7. The highest BCUT2D eigenvalue weighted by molar-refractivity contribution is 7.91. The molecule has 36 heavy (non-hydrogen) atoms. The number of hydrogen-bond donors (Lipinski definition) is 3. The van der Waals surface area contributed by atoms with Crippen LogP contribution in [0.25, 0.3) is 0 Å². The zero-order valence-corrected chi connectivity index (χ0v) is 21.4. The summed E-state index contributed by atoms with van der Waals surface area (Å²) < 4.78 is 64.4. The number of carboxylic acids is 1. The summed E-state index contributed by atoms with van der Waals surface area (Å²) in [6, 6.07) is 13.4. The molecule has 0 unspecified atom stereocenters. The van der Waals surface area contributed by atoms with Crippen molar-refractivity contribution in [2.75, 3.05) is 12.9 Å². The molecule has 0 saturated carbocycles. The molecule has 0 fully saturated rings. The summed E-state index contributed by atoms with van der Waals surface area (Å²) in [4.78, 5) is 9.26. The molecule has 11 heteroatoms. The lowest BCUT2D eigenvalue weighted by atomic mass is 9.88. The van der Waals surface area contributed by atoms with Gasteiger partial charge in [-0.05, 0) is 36.1 Å². The van der Waals surface area contributed by atoms with E-state index in [0.29, 0.717) is 16.2 Å². The van der Waals surface area contributed by atoms with E-state index in [2.05, 4.69) is 19.2 Å². The van der Waals surface area contributed by atoms with Crippen molar-refractivity contribution < 1.29 is 36.2 Å². The first kappa shape index (κ1) is 29.6. The number of carboxylic acid groups (broad SMARTS) is 1. The molecule has 1 heterocycles. The number of ether oxygens (including phenoxy) is 1. The number of rotatable bonds is 7. The van der Waals surface area contributed by atoms with Gasteiger partial charge in [0.15, 0.2) is 9.84 Å². The summed E-state index contributed by atoms with van der Waals surface area (Å²) in [5, 5.41) is 10.9. The number of unbranched alkanes of at least 4 members (excludes halogenated alkanes) is 1. The Hall–Kier alpha value is -2.63. The van der Waals surface area contributed by atoms with Gasteiger partial charge < -0.3 is 15.6 Å². The van der Waals surface area contributed by atoms with Crippen molar-refractivity contribution in [3.8, 4) is 5.75 Å². The van der Waals surface area contributed by atoms with Crippen LogP contribution >= 0.6 is 0 Å². The van der Waals surface area contributed by atoms with Crippen LogP contribution in [0.2, 0.25) is 0 Å². The lowest BCUT2D eigenvalue weighted by Gasteiger charge is -2.36. The predicted molar refractivity (Wildman–Crippen MR) is 131 cm³/mol. The van der Waals surface area contributed by atoms with Crippen molar-refractivity contribution in [3.63, 3.8) is 0 Å². The Bertz CT molecular complexity index is 1140. The van der Waals surface area contributed by atoms with Gasteiger partial charge in [-0.15, -0.1) is 0 Å². The summed E-state index contributed by atoms with van der Waals surface area (Å²) in [7, 11) is -1.91. The van der Waals surface area contributed by atoms with E-state index in [-0.39, 0.29) is 18.3 Å². The van der Waals surface area contributed by atoms with Crippen molar-refractivity contribution in [3.05, 3.63) is 59.2 Å². The van der Waals surface area contributed by atoms with E-state index < -0.39 is 27.5 Å². The number of methoxy groups -OCH3 is 1. The summed E-state index contributed by atoms with van der Waals surface area (Å²) in [6.45, 7) is 4.43. The van der Waals surface area contributed by atoms with Gasteiger partial charge >= 0.3 is 12.1 Å². The second kappa shape index (κ2) is 12.1. The average Bonchev–Trinajstić information content (AvgIpc) is 2.94. The molecule has 0 spiro atoms. The van der Waals surface area contributed by atoms with Crippen LogP contribution in [-0.4, -0.2) is 44.1 Å². The molecule has 2 aromatic carbocycles. The molecule has 3 rings (SSSR count). The van der Waals surface area contributed by atoms with Crippen LogP contribution in [0.1, 0.15) is 62.3 Å². The van der Waals surface area contributed by atoms with Crippen LogP contribution < -0.4 is 15.8 Å². The van der Waals surface area contributed by atoms with Gasteiger partial charge in [-0.25, -0.2) is 13.2 Å². The third kappa shape index (κ3) is 6.98. The molecule has 1 aliphatic heterocycles. The number of halogens is 3. The molecule has 0 amide bonds. The van der Waals surface area contributed by atoms with Crippen LogP contribution in [0.4, 0.5) is 13.2 Å². The Morgan fingerprint density at radius 2 is 1.83 bits per heavy atom. The second-order valence-electron chi connectivity index (χ2n) is 8.69. The van der Waals surface area contributed by atoms with Crippen LogP contribution in [0.15, 0.2) is 47.4 Å². The molecule has 1 aliphatic rings. The Morgan fingerprint density at radius 3 is 2.31 bits per heavy atom. The maximum absolute atomic E-state index is 13.6. The predicted octanol–water partition coefficient (Wildman–Crippen LogP) is 4.59. The first-order chi connectivity index (χ1) is 16.8. The van der Waals surface area contributed by atoms with E-state index >= 15 is 0 Å². The van der Waals surface area contributed by atoms with Crippen molar-refractivity contribution in [1.82, 2.24) is 5.32 Å². The maximum atomic E-state index is 13.6. The smallest absolute Gasteiger partial charge is 0.490 e. The van der Waals surface area contributed by atoms with Gasteiger partial charge in [0.1, 0.15) is 5.75 Å². The molecular weight excluding hydrogens is 497 g/mol. The Balaban J connectivity index is 0.000000572. The summed E-state index contributed by atoms with van der Waals surface area (Å²) in [5.74, 6) is -2.04. The zero-order chi connectivity index (χ0) is 27.1. The molecule has 0 saturated heterocycles. The van der Waals surface area contributed by atoms with Crippen molar-refractivity contribution in [1.29, 1.82) is 0 Å². The van der Waals surface area contributed by atoms with Gasteiger partial charge in [-0.3, -0.25) is 5.32 Å². The van der Waals surface area contributed by atoms with E-state index in [1.807, 2.05) is 36.4 Å². The maximum Gasteiger partial charge on any atom is 0.490 e. The first-order valence-corrected chi connectivity index (χ1v) is 13.3. The van der Waals surface area contributed by atoms with Crippen molar-refractivity contribution in [2.24, 2.45) is 5.73 Å². The molecule has 0 aliphatic carbocycles. The Kier molecular flexibility index (Phi) is 9.93. The number of nitrogens with two attached hydrogens (primary N) is 1. The van der Waals surface area contributed by atoms with Crippen molar-refractivity contribution >= 4 is 15.8 Å². The number of nitrogens with one attached hydrogen (secondary N) is 1. The van der Waals surface area contributed by atoms with E-state index in [4.69, 9.17) is 20.4 Å². The third-order valence-electron chi connectivity index (χ3n) is 6.26. The fourth-order valence-corrected chi connectivity index (χ4v) is 6.45. The van der Waals surface area contributed by atoms with Crippen molar-refractivity contribution in [2.45, 2.75) is 68.7 Å². The zero-order valence-electron chi connectivity index (χ0n) is 20.6. The third-order valence-corrected chi connectivity index (χ3v) is 8.21. The highest BCUT2D eigenvalue weighted by atomic mass is 32.2. The van der Waals surface area contributed by atoms with Crippen LogP contribution in [-0.2, 0) is 21.2 Å². The number of carbonyl (C=O) groups is 1. The lowest BCUT2D eigenvalue weighted by Crippen LogP contribution is -2.50. The van der Waals surface area contributed by atoms with Crippen LogP contribution in [0, 0.1) is 0 Å². The molecule has 7 nitrogen and oxygen atoms in total. The molecular formula is C25H33F3N2O5S. The highest BCUT2D eigenvalue weighted by Crippen LogP contribution is 2.40. The van der Waals surface area contributed by atoms with E-state index in [0.717, 1.165) is 36.8 Å². The molecule has 0 bridgehead atoms. The lowest BCUT2D eigenvalue weighted by molar-refractivity contribution is -0.192. The normalized spacial score (nSPS) is 20.9. The SMILES string of the molecule is CCCC[C@]1(CC)CS(=O)(=O)c2cc(CN)c(OC)cc2[C@@H](c2ccccc2)N1.O=C(O)C(F)(F)F. The summed E-state index contributed by atoms with van der Waals surface area (Å²) >= 11 is 0. The Morgan fingerprint density at radius 1 is 1.22 bits per heavy atom. The van der Waals surface area contributed by atoms with E-state index in [9.17, 15) is 21.6 Å². The van der Waals surface area contributed by atoms with Gasteiger partial charge in [-0.1, -0.05) is 57.0 Å². The average molecular weight is 531 g/mol. The molecule has 200 valence electrons. The topological polar surface area (TPSA) is 119 Å². The number of alkyl halides is 3. The quantitative estimate of drug-likeness (QED) is 0.479. The Labute approximate surface area is 209 Å². The molecule has 2 atom stereocenters. The highest BCUT2D eigenvalue weighted by Gasteiger charge is 2.42.